The van der Waals surface area contributed by atoms with Crippen molar-refractivity contribution in [2.24, 2.45) is 5.73 Å². The van der Waals surface area contributed by atoms with Crippen LogP contribution in [0, 0.1) is 0 Å². The van der Waals surface area contributed by atoms with E-state index in [0.29, 0.717) is 17.9 Å². The molecule has 1 amide bonds. The van der Waals surface area contributed by atoms with E-state index in [-0.39, 0.29) is 0 Å². The van der Waals surface area contributed by atoms with Gasteiger partial charge in [-0.25, -0.2) is 0 Å². The number of benzene rings is 1. The number of rotatable bonds is 11. The quantitative estimate of drug-likeness (QED) is 0.547. The summed E-state index contributed by atoms with van der Waals surface area (Å²) >= 11 is 0. The van der Waals surface area contributed by atoms with Gasteiger partial charge in [0.25, 0.3) is 0 Å². The number of carbonyl (C=O) groups excluding carboxylic acids is 1. The molecule has 5 nitrogen and oxygen atoms in total. The highest BCUT2D eigenvalue weighted by Crippen LogP contribution is 2.20. The molecule has 5 heteroatoms. The van der Waals surface area contributed by atoms with E-state index in [1.54, 1.807) is 24.3 Å². The fourth-order valence-electron chi connectivity index (χ4n) is 2.17. The summed E-state index contributed by atoms with van der Waals surface area (Å²) in [6.45, 7) is 2.87. The van der Waals surface area contributed by atoms with Crippen LogP contribution in [0.3, 0.4) is 0 Å². The fraction of sp³-hybridized carbons (Fsp3) is 0.588. The first kappa shape index (κ1) is 18.5. The van der Waals surface area contributed by atoms with Crippen LogP contribution in [0.2, 0.25) is 0 Å². The molecule has 4 N–H and O–H groups in total. The van der Waals surface area contributed by atoms with E-state index in [9.17, 15) is 15.0 Å². The third kappa shape index (κ3) is 6.45. The zero-order valence-corrected chi connectivity index (χ0v) is 13.2. The molecule has 0 fully saturated rings. The van der Waals surface area contributed by atoms with Gasteiger partial charge < -0.3 is 20.7 Å². The number of nitrogens with two attached hydrogens (primary N) is 1. The van der Waals surface area contributed by atoms with Crippen LogP contribution in [0.25, 0.3) is 0 Å². The normalized spacial score (nSPS) is 13.6. The van der Waals surface area contributed by atoms with Crippen LogP contribution in [0.15, 0.2) is 24.3 Å². The summed E-state index contributed by atoms with van der Waals surface area (Å²) in [5.41, 5.74) is 5.38. The first-order chi connectivity index (χ1) is 10.6. The summed E-state index contributed by atoms with van der Waals surface area (Å²) in [5, 5.41) is 19.2. The lowest BCUT2D eigenvalue weighted by molar-refractivity contribution is -0.131. The predicted octanol–water partition coefficient (Wildman–Crippen LogP) is 2.31. The van der Waals surface area contributed by atoms with E-state index in [0.717, 1.165) is 6.42 Å². The minimum absolute atomic E-state index is 0.429. The minimum Gasteiger partial charge on any atom is -0.494 e. The average Bonchev–Trinajstić information content (AvgIpc) is 2.53. The summed E-state index contributed by atoms with van der Waals surface area (Å²) in [7, 11) is 0. The van der Waals surface area contributed by atoms with Gasteiger partial charge >= 0.3 is 0 Å². The molecular formula is C17H27NO4. The lowest BCUT2D eigenvalue weighted by Crippen LogP contribution is -2.33. The molecule has 0 radical (unpaired) electrons. The van der Waals surface area contributed by atoms with Crippen molar-refractivity contribution in [3.63, 3.8) is 0 Å². The highest BCUT2D eigenvalue weighted by Gasteiger charge is 2.23. The molecule has 0 aliphatic rings. The topological polar surface area (TPSA) is 92.8 Å². The van der Waals surface area contributed by atoms with E-state index in [1.807, 2.05) is 0 Å². The first-order valence-electron chi connectivity index (χ1n) is 7.94. The molecule has 0 spiro atoms. The Morgan fingerprint density at radius 3 is 2.27 bits per heavy atom. The van der Waals surface area contributed by atoms with Gasteiger partial charge in [0.15, 0.2) is 6.10 Å². The number of hydrogen-bond donors (Lipinski definition) is 3. The van der Waals surface area contributed by atoms with Crippen molar-refractivity contribution < 1.29 is 19.7 Å². The number of ether oxygens (including phenoxy) is 1. The van der Waals surface area contributed by atoms with Crippen molar-refractivity contribution in [1.82, 2.24) is 0 Å². The van der Waals surface area contributed by atoms with Crippen LogP contribution < -0.4 is 10.5 Å². The van der Waals surface area contributed by atoms with Crippen molar-refractivity contribution in [3.8, 4) is 5.75 Å². The van der Waals surface area contributed by atoms with Crippen molar-refractivity contribution >= 4 is 5.91 Å². The maximum Gasteiger partial charge on any atom is 0.249 e. The molecule has 0 aliphatic carbocycles. The van der Waals surface area contributed by atoms with Gasteiger partial charge in [0.2, 0.25) is 5.91 Å². The molecule has 0 aromatic heterocycles. The van der Waals surface area contributed by atoms with Crippen molar-refractivity contribution in [2.45, 2.75) is 57.7 Å². The smallest absolute Gasteiger partial charge is 0.249 e. The average molecular weight is 309 g/mol. The van der Waals surface area contributed by atoms with Crippen LogP contribution in [-0.4, -0.2) is 28.8 Å². The number of primary amides is 1. The Labute approximate surface area is 132 Å². The zero-order chi connectivity index (χ0) is 16.4. The second-order valence-corrected chi connectivity index (χ2v) is 5.48. The Kier molecular flexibility index (Phi) is 8.55. The lowest BCUT2D eigenvalue weighted by Gasteiger charge is -2.15. The molecule has 22 heavy (non-hydrogen) atoms. The third-order valence-electron chi connectivity index (χ3n) is 3.58. The summed E-state index contributed by atoms with van der Waals surface area (Å²) in [6.07, 6.45) is 4.34. The molecule has 1 rings (SSSR count). The first-order valence-corrected chi connectivity index (χ1v) is 7.94. The monoisotopic (exact) mass is 309 g/mol. The van der Waals surface area contributed by atoms with E-state index in [4.69, 9.17) is 10.5 Å². The molecule has 1 aromatic rings. The summed E-state index contributed by atoms with van der Waals surface area (Å²) < 4.78 is 5.62. The largest absolute Gasteiger partial charge is 0.494 e. The number of aliphatic hydroxyl groups is 2. The van der Waals surface area contributed by atoms with E-state index in [2.05, 4.69) is 6.92 Å². The van der Waals surface area contributed by atoms with E-state index >= 15 is 0 Å². The minimum atomic E-state index is -1.60. The molecule has 0 saturated heterocycles. The van der Waals surface area contributed by atoms with Gasteiger partial charge in [-0.3, -0.25) is 4.79 Å². The number of aliphatic hydroxyl groups excluding tert-OH is 2. The van der Waals surface area contributed by atoms with Crippen LogP contribution in [0.1, 0.15) is 57.1 Å². The van der Waals surface area contributed by atoms with Crippen molar-refractivity contribution in [2.75, 3.05) is 6.61 Å². The van der Waals surface area contributed by atoms with Gasteiger partial charge in [0, 0.05) is 0 Å². The number of amides is 1. The predicted molar refractivity (Wildman–Crippen MR) is 85.5 cm³/mol. The van der Waals surface area contributed by atoms with Gasteiger partial charge in [-0.2, -0.15) is 0 Å². The number of hydrogen-bond acceptors (Lipinski definition) is 4. The zero-order valence-electron chi connectivity index (χ0n) is 13.2. The van der Waals surface area contributed by atoms with Gasteiger partial charge in [-0.15, -0.1) is 0 Å². The Balaban J connectivity index is 2.31. The highest BCUT2D eigenvalue weighted by molar-refractivity contribution is 5.79. The fourth-order valence-corrected chi connectivity index (χ4v) is 2.17. The highest BCUT2D eigenvalue weighted by atomic mass is 16.5. The van der Waals surface area contributed by atoms with Crippen molar-refractivity contribution in [3.05, 3.63) is 29.8 Å². The maximum atomic E-state index is 10.8. The van der Waals surface area contributed by atoms with Crippen molar-refractivity contribution in [1.29, 1.82) is 0 Å². The molecule has 0 aliphatic heterocycles. The Morgan fingerprint density at radius 2 is 1.68 bits per heavy atom. The van der Waals surface area contributed by atoms with Crippen LogP contribution in [-0.2, 0) is 4.79 Å². The SMILES string of the molecule is CCCCCCCCOc1ccc(C(O)C(O)C(N)=O)cc1. The second-order valence-electron chi connectivity index (χ2n) is 5.48. The second kappa shape index (κ2) is 10.2. The van der Waals surface area contributed by atoms with E-state index < -0.39 is 18.1 Å². The number of unbranched alkanes of at least 4 members (excludes halogenated alkanes) is 5. The standard InChI is InChI=1S/C17H27NO4/c1-2-3-4-5-6-7-12-22-14-10-8-13(9-11-14)15(19)16(20)17(18)21/h8-11,15-16,19-20H,2-7,12H2,1H3,(H2,18,21). The van der Waals surface area contributed by atoms with Crippen LogP contribution in [0.5, 0.6) is 5.75 Å². The summed E-state index contributed by atoms with van der Waals surface area (Å²) in [5.74, 6) is -0.242. The molecule has 1 aromatic carbocycles. The lowest BCUT2D eigenvalue weighted by atomic mass is 10.0. The Morgan fingerprint density at radius 1 is 1.09 bits per heavy atom. The molecular weight excluding hydrogens is 282 g/mol. The van der Waals surface area contributed by atoms with Crippen LogP contribution >= 0.6 is 0 Å². The summed E-state index contributed by atoms with van der Waals surface area (Å²) in [6, 6.07) is 6.66. The molecule has 0 saturated carbocycles. The molecule has 124 valence electrons. The molecule has 0 bridgehead atoms. The Bertz CT molecular complexity index is 433. The van der Waals surface area contributed by atoms with E-state index in [1.165, 1.54) is 32.1 Å². The van der Waals surface area contributed by atoms with Gasteiger partial charge in [-0.1, -0.05) is 51.2 Å². The summed E-state index contributed by atoms with van der Waals surface area (Å²) in [4.78, 5) is 10.8. The van der Waals surface area contributed by atoms with Crippen LogP contribution in [0.4, 0.5) is 0 Å². The molecule has 2 atom stereocenters. The van der Waals surface area contributed by atoms with Gasteiger partial charge in [-0.05, 0) is 24.1 Å². The Hall–Kier alpha value is -1.59. The molecule has 2 unspecified atom stereocenters. The maximum absolute atomic E-state index is 10.8. The number of carbonyl (C=O) groups is 1. The molecule has 0 heterocycles. The van der Waals surface area contributed by atoms with Gasteiger partial charge in [0.05, 0.1) is 6.61 Å². The third-order valence-corrected chi connectivity index (χ3v) is 3.58. The van der Waals surface area contributed by atoms with Gasteiger partial charge in [0.1, 0.15) is 11.9 Å².